The Hall–Kier alpha value is -2.10. The number of nitrogens with one attached hydrogen (secondary N) is 1. The van der Waals surface area contributed by atoms with Crippen LogP contribution in [0.2, 0.25) is 0 Å². The quantitative estimate of drug-likeness (QED) is 0.927. The second-order valence-electron chi connectivity index (χ2n) is 8.42. The highest BCUT2D eigenvalue weighted by Gasteiger charge is 2.27. The third kappa shape index (κ3) is 4.05. The van der Waals surface area contributed by atoms with E-state index in [4.69, 9.17) is 0 Å². The van der Waals surface area contributed by atoms with Gasteiger partial charge in [0.15, 0.2) is 0 Å². The van der Waals surface area contributed by atoms with Gasteiger partial charge in [-0.1, -0.05) is 65.8 Å². The van der Waals surface area contributed by atoms with Crippen molar-refractivity contribution in [3.8, 4) is 0 Å². The summed E-state index contributed by atoms with van der Waals surface area (Å²) in [5, 5.41) is 3.15. The number of nitrogens with zero attached hydrogens (tertiary/aromatic N) is 2. The molecule has 2 aromatic rings. The maximum Gasteiger partial charge on any atom is 0.226 e. The predicted octanol–water partition coefficient (Wildman–Crippen LogP) is 3.97. The number of benzene rings is 1. The van der Waals surface area contributed by atoms with Gasteiger partial charge < -0.3 is 9.88 Å². The lowest BCUT2D eigenvalue weighted by atomic mass is 9.86. The summed E-state index contributed by atoms with van der Waals surface area (Å²) in [5.41, 5.74) is 1.96. The molecule has 1 N–H and O–H groups in total. The molecule has 1 aromatic heterocycles. The van der Waals surface area contributed by atoms with E-state index in [-0.39, 0.29) is 17.4 Å². The highest BCUT2D eigenvalue weighted by atomic mass is 16.2. The molecule has 0 aliphatic heterocycles. The van der Waals surface area contributed by atoms with Crippen LogP contribution in [0, 0.1) is 5.41 Å². The molecule has 24 heavy (non-hydrogen) atoms. The smallest absolute Gasteiger partial charge is 0.226 e. The van der Waals surface area contributed by atoms with Crippen molar-refractivity contribution in [1.82, 2.24) is 14.9 Å². The molecule has 1 unspecified atom stereocenters. The first-order valence-electron chi connectivity index (χ1n) is 8.39. The Kier molecular flexibility index (Phi) is 4.88. The average Bonchev–Trinajstić information content (AvgIpc) is 2.88. The lowest BCUT2D eigenvalue weighted by Gasteiger charge is -2.25. The summed E-state index contributed by atoms with van der Waals surface area (Å²) in [7, 11) is 1.95. The third-order valence-electron chi connectivity index (χ3n) is 4.18. The maximum absolute atomic E-state index is 12.5. The van der Waals surface area contributed by atoms with Crippen molar-refractivity contribution < 1.29 is 4.79 Å². The second-order valence-corrected chi connectivity index (χ2v) is 8.42. The van der Waals surface area contributed by atoms with E-state index < -0.39 is 5.41 Å². The predicted molar refractivity (Wildman–Crippen MR) is 97.8 cm³/mol. The fourth-order valence-corrected chi connectivity index (χ4v) is 2.48. The molecule has 4 heteroatoms. The molecular weight excluding hydrogens is 298 g/mol. The molecule has 1 aromatic carbocycles. The van der Waals surface area contributed by atoms with Gasteiger partial charge in [-0.25, -0.2) is 4.98 Å². The van der Waals surface area contributed by atoms with Crippen LogP contribution in [0.25, 0.3) is 0 Å². The first kappa shape index (κ1) is 18.2. The van der Waals surface area contributed by atoms with Gasteiger partial charge in [0.25, 0.3) is 0 Å². The van der Waals surface area contributed by atoms with Crippen LogP contribution in [-0.2, 0) is 17.3 Å². The number of imidazole rings is 1. The van der Waals surface area contributed by atoms with Gasteiger partial charge in [-0.2, -0.15) is 0 Å². The molecule has 0 radical (unpaired) electrons. The van der Waals surface area contributed by atoms with Crippen molar-refractivity contribution in [2.75, 3.05) is 0 Å². The largest absolute Gasteiger partial charge is 0.342 e. The minimum atomic E-state index is -0.450. The van der Waals surface area contributed by atoms with Crippen LogP contribution < -0.4 is 5.32 Å². The maximum atomic E-state index is 12.5. The van der Waals surface area contributed by atoms with Crippen LogP contribution in [0.1, 0.15) is 64.5 Å². The fourth-order valence-electron chi connectivity index (χ4n) is 2.48. The number of hydrogen-bond acceptors (Lipinski definition) is 2. The molecule has 0 saturated heterocycles. The van der Waals surface area contributed by atoms with Crippen molar-refractivity contribution in [2.45, 2.75) is 53.0 Å². The topological polar surface area (TPSA) is 46.9 Å². The van der Waals surface area contributed by atoms with Crippen LogP contribution in [0.5, 0.6) is 0 Å². The van der Waals surface area contributed by atoms with E-state index in [1.165, 1.54) is 5.56 Å². The van der Waals surface area contributed by atoms with Crippen LogP contribution in [0.4, 0.5) is 0 Å². The van der Waals surface area contributed by atoms with E-state index >= 15 is 0 Å². The molecule has 0 saturated carbocycles. The molecule has 1 atom stereocenters. The molecule has 4 nitrogen and oxygen atoms in total. The van der Waals surface area contributed by atoms with E-state index in [1.807, 2.05) is 38.6 Å². The summed E-state index contributed by atoms with van der Waals surface area (Å²) in [6, 6.07) is 8.18. The molecule has 1 heterocycles. The Morgan fingerprint density at radius 2 is 1.67 bits per heavy atom. The molecule has 1 amide bonds. The minimum absolute atomic E-state index is 0.00963. The van der Waals surface area contributed by atoms with E-state index in [9.17, 15) is 4.79 Å². The van der Waals surface area contributed by atoms with Gasteiger partial charge in [-0.3, -0.25) is 4.79 Å². The number of hydrogen-bond donors (Lipinski definition) is 1. The zero-order chi connectivity index (χ0) is 18.1. The number of carbonyl (C=O) groups excluding carboxylic acids is 1. The lowest BCUT2D eigenvalue weighted by molar-refractivity contribution is -0.129. The van der Waals surface area contributed by atoms with E-state index in [0.29, 0.717) is 0 Å². The molecular formula is C20H29N3O. The van der Waals surface area contributed by atoms with Crippen molar-refractivity contribution in [2.24, 2.45) is 12.5 Å². The summed E-state index contributed by atoms with van der Waals surface area (Å²) in [6.07, 6.45) is 3.66. The zero-order valence-electron chi connectivity index (χ0n) is 15.8. The van der Waals surface area contributed by atoms with E-state index in [1.54, 1.807) is 6.20 Å². The van der Waals surface area contributed by atoms with Crippen LogP contribution in [0.3, 0.4) is 0 Å². The normalized spacial score (nSPS) is 13.6. The Bertz CT molecular complexity index is 700. The van der Waals surface area contributed by atoms with Crippen molar-refractivity contribution in [3.05, 3.63) is 53.6 Å². The average molecular weight is 327 g/mol. The Morgan fingerprint density at radius 3 is 2.08 bits per heavy atom. The van der Waals surface area contributed by atoms with Gasteiger partial charge in [0.1, 0.15) is 11.9 Å². The highest BCUT2D eigenvalue weighted by molar-refractivity contribution is 5.82. The fraction of sp³-hybridized carbons (Fsp3) is 0.500. The standard InChI is InChI=1S/C20H29N3O/c1-19(2,3)15-10-8-14(9-11-15)16(17-21-12-13-23(17)7)22-18(24)20(4,5)6/h8-13,16H,1-7H3,(H,22,24). The van der Waals surface area contributed by atoms with Gasteiger partial charge in [0, 0.05) is 24.9 Å². The molecule has 0 bridgehead atoms. The first-order valence-corrected chi connectivity index (χ1v) is 8.39. The summed E-state index contributed by atoms with van der Waals surface area (Å²) >= 11 is 0. The number of aryl methyl sites for hydroxylation is 1. The zero-order valence-corrected chi connectivity index (χ0v) is 15.8. The van der Waals surface area contributed by atoms with Gasteiger partial charge in [0.2, 0.25) is 5.91 Å². The Morgan fingerprint density at radius 1 is 1.08 bits per heavy atom. The molecule has 130 valence electrons. The van der Waals surface area contributed by atoms with E-state index in [0.717, 1.165) is 11.4 Å². The van der Waals surface area contributed by atoms with E-state index in [2.05, 4.69) is 55.3 Å². The molecule has 2 rings (SSSR count). The summed E-state index contributed by atoms with van der Waals surface area (Å²) in [5.74, 6) is 0.839. The number of aromatic nitrogens is 2. The van der Waals surface area contributed by atoms with Gasteiger partial charge >= 0.3 is 0 Å². The number of amides is 1. The van der Waals surface area contributed by atoms with Crippen LogP contribution >= 0.6 is 0 Å². The molecule has 0 aliphatic rings. The number of carbonyl (C=O) groups is 1. The number of rotatable bonds is 3. The van der Waals surface area contributed by atoms with Gasteiger partial charge in [0.05, 0.1) is 0 Å². The third-order valence-corrected chi connectivity index (χ3v) is 4.18. The molecule has 0 aliphatic carbocycles. The SMILES string of the molecule is Cn1ccnc1C(NC(=O)C(C)(C)C)c1ccc(C(C)(C)C)cc1. The van der Waals surface area contributed by atoms with Crippen molar-refractivity contribution >= 4 is 5.91 Å². The van der Waals surface area contributed by atoms with Crippen LogP contribution in [0.15, 0.2) is 36.7 Å². The van der Waals surface area contributed by atoms with Gasteiger partial charge in [-0.15, -0.1) is 0 Å². The second kappa shape index (κ2) is 6.42. The monoisotopic (exact) mass is 327 g/mol. The lowest BCUT2D eigenvalue weighted by Crippen LogP contribution is -2.38. The summed E-state index contributed by atoms with van der Waals surface area (Å²) in [6.45, 7) is 12.3. The molecule has 0 fully saturated rings. The first-order chi connectivity index (χ1) is 11.0. The minimum Gasteiger partial charge on any atom is -0.342 e. The van der Waals surface area contributed by atoms with Crippen molar-refractivity contribution in [3.63, 3.8) is 0 Å². The highest BCUT2D eigenvalue weighted by Crippen LogP contribution is 2.27. The summed E-state index contributed by atoms with van der Waals surface area (Å²) in [4.78, 5) is 17.0. The molecule has 0 spiro atoms. The van der Waals surface area contributed by atoms with Crippen LogP contribution in [-0.4, -0.2) is 15.5 Å². The summed E-state index contributed by atoms with van der Waals surface area (Å²) < 4.78 is 1.95. The Labute approximate surface area is 145 Å². The van der Waals surface area contributed by atoms with Gasteiger partial charge in [-0.05, 0) is 16.5 Å². The van der Waals surface area contributed by atoms with Crippen molar-refractivity contribution in [1.29, 1.82) is 0 Å². The Balaban J connectivity index is 2.40.